The Morgan fingerprint density at radius 3 is 3.10 bits per heavy atom. The van der Waals surface area contributed by atoms with E-state index in [1.165, 1.54) is 5.69 Å². The Morgan fingerprint density at radius 2 is 2.60 bits per heavy atom. The summed E-state index contributed by atoms with van der Waals surface area (Å²) in [5.74, 6) is 0. The highest BCUT2D eigenvalue weighted by Gasteiger charge is 1.96. The average Bonchev–Trinajstić information content (AvgIpc) is 2.40. The molecule has 0 aliphatic heterocycles. The molecule has 1 heterocycles. The highest BCUT2D eigenvalue weighted by Crippen LogP contribution is 2.12. The number of hydrogen-bond acceptors (Lipinski definition) is 3. The van der Waals surface area contributed by atoms with Crippen LogP contribution in [-0.4, -0.2) is 12.6 Å². The van der Waals surface area contributed by atoms with Crippen molar-refractivity contribution in [1.82, 2.24) is 0 Å². The maximum atomic E-state index is 5.43. The quantitative estimate of drug-likeness (QED) is 0.696. The fourth-order valence-corrected chi connectivity index (χ4v) is 1.29. The molecular formula is C7H12N2S. The van der Waals surface area contributed by atoms with E-state index in [-0.39, 0.29) is 0 Å². The Labute approximate surface area is 65.1 Å². The Balaban J connectivity index is 2.40. The molecule has 0 amide bonds. The molecule has 0 aliphatic carbocycles. The van der Waals surface area contributed by atoms with E-state index in [4.69, 9.17) is 5.73 Å². The summed E-state index contributed by atoms with van der Waals surface area (Å²) >= 11 is 1.69. The fourth-order valence-electron chi connectivity index (χ4n) is 0.690. The summed E-state index contributed by atoms with van der Waals surface area (Å²) in [4.78, 5) is 0. The van der Waals surface area contributed by atoms with E-state index in [0.29, 0.717) is 12.6 Å². The molecule has 1 aromatic rings. The van der Waals surface area contributed by atoms with E-state index in [1.807, 2.05) is 5.38 Å². The Bertz CT molecular complexity index is 172. The van der Waals surface area contributed by atoms with Crippen molar-refractivity contribution in [3.05, 3.63) is 16.8 Å². The predicted octanol–water partition coefficient (Wildman–Crippen LogP) is 1.51. The van der Waals surface area contributed by atoms with E-state index in [9.17, 15) is 0 Å². The molecule has 0 bridgehead atoms. The summed E-state index contributed by atoms with van der Waals surface area (Å²) in [7, 11) is 0. The lowest BCUT2D eigenvalue weighted by molar-refractivity contribution is 0.805. The van der Waals surface area contributed by atoms with Crippen molar-refractivity contribution in [3.8, 4) is 0 Å². The van der Waals surface area contributed by atoms with Gasteiger partial charge < -0.3 is 11.1 Å². The van der Waals surface area contributed by atoms with Gasteiger partial charge in [-0.05, 0) is 18.4 Å². The van der Waals surface area contributed by atoms with Crippen molar-refractivity contribution in [1.29, 1.82) is 0 Å². The van der Waals surface area contributed by atoms with E-state index in [0.717, 1.165) is 0 Å². The van der Waals surface area contributed by atoms with Crippen LogP contribution < -0.4 is 11.1 Å². The van der Waals surface area contributed by atoms with Crippen LogP contribution in [0.25, 0.3) is 0 Å². The van der Waals surface area contributed by atoms with Crippen molar-refractivity contribution in [3.63, 3.8) is 0 Å². The lowest BCUT2D eigenvalue weighted by Gasteiger charge is -2.09. The standard InChI is InChI=1S/C7H12N2S/c1-6(4-8)9-7-2-3-10-5-7/h2-3,5-6,9H,4,8H2,1H3. The number of nitrogens with two attached hydrogens (primary N) is 1. The van der Waals surface area contributed by atoms with E-state index >= 15 is 0 Å². The van der Waals surface area contributed by atoms with Gasteiger partial charge in [0, 0.05) is 23.7 Å². The minimum Gasteiger partial charge on any atom is -0.381 e. The molecule has 1 unspecified atom stereocenters. The Hall–Kier alpha value is -0.540. The molecule has 0 saturated carbocycles. The molecule has 1 atom stereocenters. The first-order chi connectivity index (χ1) is 4.83. The van der Waals surface area contributed by atoms with Gasteiger partial charge in [0.05, 0.1) is 0 Å². The van der Waals surface area contributed by atoms with Gasteiger partial charge in [-0.3, -0.25) is 0 Å². The topological polar surface area (TPSA) is 38.0 Å². The molecule has 0 radical (unpaired) electrons. The van der Waals surface area contributed by atoms with Gasteiger partial charge in [-0.25, -0.2) is 0 Å². The van der Waals surface area contributed by atoms with Crippen LogP contribution in [0.15, 0.2) is 16.8 Å². The molecule has 0 fully saturated rings. The van der Waals surface area contributed by atoms with Gasteiger partial charge in [0.1, 0.15) is 0 Å². The third-order valence-corrected chi connectivity index (χ3v) is 1.97. The van der Waals surface area contributed by atoms with Gasteiger partial charge in [0.25, 0.3) is 0 Å². The van der Waals surface area contributed by atoms with Gasteiger partial charge in [0.15, 0.2) is 0 Å². The van der Waals surface area contributed by atoms with Crippen molar-refractivity contribution < 1.29 is 0 Å². The van der Waals surface area contributed by atoms with Crippen molar-refractivity contribution in [2.75, 3.05) is 11.9 Å². The predicted molar refractivity (Wildman–Crippen MR) is 46.5 cm³/mol. The highest BCUT2D eigenvalue weighted by molar-refractivity contribution is 7.08. The number of hydrogen-bond donors (Lipinski definition) is 2. The Morgan fingerprint density at radius 1 is 1.80 bits per heavy atom. The number of anilines is 1. The van der Waals surface area contributed by atoms with Crippen LogP contribution in [0.2, 0.25) is 0 Å². The zero-order valence-electron chi connectivity index (χ0n) is 6.00. The van der Waals surface area contributed by atoms with Gasteiger partial charge in [0.2, 0.25) is 0 Å². The van der Waals surface area contributed by atoms with Crippen LogP contribution in [0.3, 0.4) is 0 Å². The average molecular weight is 156 g/mol. The van der Waals surface area contributed by atoms with Crippen LogP contribution in [0.1, 0.15) is 6.92 Å². The first-order valence-electron chi connectivity index (χ1n) is 3.31. The summed E-state index contributed by atoms with van der Waals surface area (Å²) in [6.45, 7) is 2.74. The largest absolute Gasteiger partial charge is 0.381 e. The molecular weight excluding hydrogens is 144 g/mol. The molecule has 0 spiro atoms. The second-order valence-corrected chi connectivity index (χ2v) is 3.07. The summed E-state index contributed by atoms with van der Waals surface area (Å²) in [6.07, 6.45) is 0. The molecule has 3 N–H and O–H groups in total. The normalized spacial score (nSPS) is 13.0. The van der Waals surface area contributed by atoms with E-state index in [1.54, 1.807) is 11.3 Å². The number of thiophene rings is 1. The van der Waals surface area contributed by atoms with Gasteiger partial charge in [-0.15, -0.1) is 0 Å². The lowest BCUT2D eigenvalue weighted by atomic mass is 10.3. The third-order valence-electron chi connectivity index (χ3n) is 1.29. The first-order valence-corrected chi connectivity index (χ1v) is 4.26. The van der Waals surface area contributed by atoms with Crippen LogP contribution in [-0.2, 0) is 0 Å². The number of rotatable bonds is 3. The molecule has 56 valence electrons. The minimum absolute atomic E-state index is 0.370. The lowest BCUT2D eigenvalue weighted by Crippen LogP contribution is -2.24. The zero-order chi connectivity index (χ0) is 7.40. The maximum Gasteiger partial charge on any atom is 0.0451 e. The summed E-state index contributed by atoms with van der Waals surface area (Å²) < 4.78 is 0. The molecule has 0 aromatic carbocycles. The van der Waals surface area contributed by atoms with E-state index < -0.39 is 0 Å². The molecule has 0 aliphatic rings. The Kier molecular flexibility index (Phi) is 2.71. The molecule has 2 nitrogen and oxygen atoms in total. The highest BCUT2D eigenvalue weighted by atomic mass is 32.1. The summed E-state index contributed by atoms with van der Waals surface area (Å²) in [5.41, 5.74) is 6.60. The van der Waals surface area contributed by atoms with Gasteiger partial charge in [-0.1, -0.05) is 0 Å². The van der Waals surface area contributed by atoms with Crippen LogP contribution in [0.5, 0.6) is 0 Å². The molecule has 3 heteroatoms. The minimum atomic E-state index is 0.370. The maximum absolute atomic E-state index is 5.43. The van der Waals surface area contributed by atoms with Crippen LogP contribution in [0, 0.1) is 0 Å². The van der Waals surface area contributed by atoms with Gasteiger partial charge >= 0.3 is 0 Å². The van der Waals surface area contributed by atoms with Crippen molar-refractivity contribution in [2.45, 2.75) is 13.0 Å². The zero-order valence-corrected chi connectivity index (χ0v) is 6.82. The molecule has 10 heavy (non-hydrogen) atoms. The SMILES string of the molecule is CC(CN)Nc1ccsc1. The van der Waals surface area contributed by atoms with Crippen LogP contribution in [0.4, 0.5) is 5.69 Å². The second-order valence-electron chi connectivity index (χ2n) is 2.29. The summed E-state index contributed by atoms with van der Waals surface area (Å²) in [6, 6.07) is 2.42. The first kappa shape index (κ1) is 7.57. The van der Waals surface area contributed by atoms with E-state index in [2.05, 4.69) is 23.7 Å². The van der Waals surface area contributed by atoms with Crippen molar-refractivity contribution >= 4 is 17.0 Å². The second kappa shape index (κ2) is 3.58. The smallest absolute Gasteiger partial charge is 0.0451 e. The summed E-state index contributed by atoms with van der Waals surface area (Å²) in [5, 5.41) is 7.38. The van der Waals surface area contributed by atoms with Gasteiger partial charge in [-0.2, -0.15) is 11.3 Å². The monoisotopic (exact) mass is 156 g/mol. The fraction of sp³-hybridized carbons (Fsp3) is 0.429. The molecule has 1 aromatic heterocycles. The molecule has 0 saturated heterocycles. The molecule has 1 rings (SSSR count). The number of nitrogens with one attached hydrogen (secondary N) is 1. The third kappa shape index (κ3) is 2.01. The van der Waals surface area contributed by atoms with Crippen molar-refractivity contribution in [2.24, 2.45) is 5.73 Å². The van der Waals surface area contributed by atoms with Crippen LogP contribution >= 0.6 is 11.3 Å².